The number of hydrogen-bond donors (Lipinski definition) is 1. The van der Waals surface area contributed by atoms with E-state index in [1.54, 1.807) is 0 Å². The molecular formula is C22H29N5OS. The first kappa shape index (κ1) is 20.0. The van der Waals surface area contributed by atoms with Crippen molar-refractivity contribution in [2.24, 2.45) is 5.92 Å². The summed E-state index contributed by atoms with van der Waals surface area (Å²) in [5, 5.41) is 3.04. The number of benzene rings is 1. The summed E-state index contributed by atoms with van der Waals surface area (Å²) in [5.74, 6) is 4.21. The smallest absolute Gasteiger partial charge is 0.270 e. The van der Waals surface area contributed by atoms with E-state index in [2.05, 4.69) is 39.5 Å². The Hall–Kier alpha value is -2.28. The molecule has 1 aliphatic heterocycles. The first-order valence-corrected chi connectivity index (χ1v) is 11.6. The molecule has 0 spiro atoms. The first-order valence-electron chi connectivity index (χ1n) is 10.4. The summed E-state index contributed by atoms with van der Waals surface area (Å²) in [6.07, 6.45) is 3.34. The third kappa shape index (κ3) is 5.63. The highest BCUT2D eigenvalue weighted by Crippen LogP contribution is 2.27. The van der Waals surface area contributed by atoms with Gasteiger partial charge in [-0.05, 0) is 30.7 Å². The van der Waals surface area contributed by atoms with Gasteiger partial charge < -0.3 is 15.1 Å². The first-order chi connectivity index (χ1) is 14.2. The van der Waals surface area contributed by atoms with Crippen LogP contribution >= 0.6 is 11.8 Å². The van der Waals surface area contributed by atoms with Crippen molar-refractivity contribution in [1.82, 2.24) is 15.3 Å². The molecule has 1 aromatic carbocycles. The minimum Gasteiger partial charge on any atom is -0.355 e. The number of amides is 1. The Balaban J connectivity index is 1.51. The number of likely N-dealkylation sites (N-methyl/N-ethyl adjacent to an activating group) is 1. The second kappa shape index (κ2) is 9.48. The van der Waals surface area contributed by atoms with Gasteiger partial charge in [0.05, 0.1) is 0 Å². The number of aromatic nitrogens is 2. The normalized spacial score (nSPS) is 16.5. The molecule has 7 heteroatoms. The maximum atomic E-state index is 12.7. The fourth-order valence-corrected chi connectivity index (χ4v) is 4.26. The van der Waals surface area contributed by atoms with E-state index >= 15 is 0 Å². The Kier molecular flexibility index (Phi) is 6.54. The van der Waals surface area contributed by atoms with E-state index < -0.39 is 0 Å². The average Bonchev–Trinajstić information content (AvgIpc) is 3.61. The van der Waals surface area contributed by atoms with Gasteiger partial charge in [0.15, 0.2) is 0 Å². The molecule has 1 aromatic heterocycles. The summed E-state index contributed by atoms with van der Waals surface area (Å²) in [6.45, 7) is 3.46. The Bertz CT molecular complexity index is 821. The number of nitrogens with zero attached hydrogens (tertiary/aromatic N) is 4. The molecule has 4 rings (SSSR count). The number of carbonyl (C=O) groups excluding carboxylic acids is 1. The van der Waals surface area contributed by atoms with E-state index in [-0.39, 0.29) is 5.91 Å². The zero-order chi connectivity index (χ0) is 20.1. The van der Waals surface area contributed by atoms with Crippen molar-refractivity contribution in [2.45, 2.75) is 19.3 Å². The van der Waals surface area contributed by atoms with Gasteiger partial charge >= 0.3 is 0 Å². The zero-order valence-electron chi connectivity index (χ0n) is 17.0. The Morgan fingerprint density at radius 2 is 1.97 bits per heavy atom. The highest BCUT2D eigenvalue weighted by Gasteiger charge is 2.23. The van der Waals surface area contributed by atoms with E-state index in [0.717, 1.165) is 49.9 Å². The molecule has 0 unspecified atom stereocenters. The lowest BCUT2D eigenvalue weighted by Crippen LogP contribution is -2.35. The Morgan fingerprint density at radius 3 is 2.69 bits per heavy atom. The van der Waals surface area contributed by atoms with Crippen molar-refractivity contribution >= 4 is 29.4 Å². The number of hydrogen-bond acceptors (Lipinski definition) is 6. The monoisotopic (exact) mass is 411 g/mol. The molecule has 1 N–H and O–H groups in total. The minimum atomic E-state index is -0.0929. The molecular weight excluding hydrogens is 382 g/mol. The van der Waals surface area contributed by atoms with Crippen LogP contribution in [-0.4, -0.2) is 60.6 Å². The van der Waals surface area contributed by atoms with Gasteiger partial charge in [-0.25, -0.2) is 4.98 Å². The van der Waals surface area contributed by atoms with Crippen LogP contribution < -0.4 is 15.1 Å². The van der Waals surface area contributed by atoms with E-state index in [9.17, 15) is 4.79 Å². The summed E-state index contributed by atoms with van der Waals surface area (Å²) in [6, 6.07) is 12.3. The maximum absolute atomic E-state index is 12.7. The molecule has 1 saturated heterocycles. The average molecular weight is 412 g/mol. The number of carbonyl (C=O) groups is 1. The van der Waals surface area contributed by atoms with Crippen LogP contribution in [0.5, 0.6) is 0 Å². The Morgan fingerprint density at radius 1 is 1.21 bits per heavy atom. The van der Waals surface area contributed by atoms with Crippen molar-refractivity contribution in [3.63, 3.8) is 0 Å². The van der Waals surface area contributed by atoms with E-state index in [1.165, 1.54) is 18.4 Å². The van der Waals surface area contributed by atoms with Crippen LogP contribution in [0.1, 0.15) is 28.9 Å². The molecule has 2 fully saturated rings. The molecule has 6 nitrogen and oxygen atoms in total. The van der Waals surface area contributed by atoms with Gasteiger partial charge in [0, 0.05) is 50.8 Å². The van der Waals surface area contributed by atoms with Crippen LogP contribution in [0.15, 0.2) is 36.4 Å². The van der Waals surface area contributed by atoms with Gasteiger partial charge in [0.25, 0.3) is 5.91 Å². The third-order valence-electron chi connectivity index (χ3n) is 5.44. The summed E-state index contributed by atoms with van der Waals surface area (Å²) in [7, 11) is 2.00. The topological polar surface area (TPSA) is 61.4 Å². The molecule has 2 heterocycles. The molecule has 1 saturated carbocycles. The summed E-state index contributed by atoms with van der Waals surface area (Å²) in [5.41, 5.74) is 1.75. The molecule has 2 aliphatic rings. The predicted octanol–water partition coefficient (Wildman–Crippen LogP) is 2.85. The van der Waals surface area contributed by atoms with Crippen molar-refractivity contribution in [1.29, 1.82) is 0 Å². The molecule has 154 valence electrons. The van der Waals surface area contributed by atoms with Gasteiger partial charge in [0.1, 0.15) is 11.5 Å². The van der Waals surface area contributed by atoms with Crippen molar-refractivity contribution < 1.29 is 4.79 Å². The minimum absolute atomic E-state index is 0.0929. The number of thioether (sulfide) groups is 1. The molecule has 2 aromatic rings. The molecule has 0 radical (unpaired) electrons. The summed E-state index contributed by atoms with van der Waals surface area (Å²) >= 11 is 1.96. The zero-order valence-corrected chi connectivity index (χ0v) is 17.8. The number of anilines is 2. The number of nitrogens with one attached hydrogen (secondary N) is 1. The maximum Gasteiger partial charge on any atom is 0.270 e. The van der Waals surface area contributed by atoms with Crippen molar-refractivity contribution in [3.05, 3.63) is 47.7 Å². The van der Waals surface area contributed by atoms with Gasteiger partial charge in [-0.15, -0.1) is 0 Å². The summed E-state index contributed by atoms with van der Waals surface area (Å²) in [4.78, 5) is 26.5. The highest BCUT2D eigenvalue weighted by molar-refractivity contribution is 7.99. The highest BCUT2D eigenvalue weighted by atomic mass is 32.2. The van der Waals surface area contributed by atoms with Crippen molar-refractivity contribution in [2.75, 3.05) is 54.5 Å². The molecule has 0 bridgehead atoms. The SMILES string of the molecule is CN(CCc1ccccc1)c1nc(C(=O)NCC2CC2)cc(N2CCSCC2)n1. The number of rotatable bonds is 8. The third-order valence-corrected chi connectivity index (χ3v) is 6.38. The largest absolute Gasteiger partial charge is 0.355 e. The molecule has 1 amide bonds. The fourth-order valence-electron chi connectivity index (χ4n) is 3.35. The standard InChI is InChI=1S/C22H29N5OS/c1-26(10-9-17-5-3-2-4-6-17)22-24-19(21(28)23-16-18-7-8-18)15-20(25-22)27-11-13-29-14-12-27/h2-6,15,18H,7-14,16H2,1H3,(H,23,28). The van der Waals surface area contributed by atoms with Crippen molar-refractivity contribution in [3.8, 4) is 0 Å². The van der Waals surface area contributed by atoms with E-state index in [0.29, 0.717) is 17.6 Å². The van der Waals surface area contributed by atoms with Crippen LogP contribution in [0.3, 0.4) is 0 Å². The molecule has 0 atom stereocenters. The fraction of sp³-hybridized carbons (Fsp3) is 0.500. The molecule has 29 heavy (non-hydrogen) atoms. The summed E-state index contributed by atoms with van der Waals surface area (Å²) < 4.78 is 0. The molecule has 1 aliphatic carbocycles. The van der Waals surface area contributed by atoms with Gasteiger partial charge in [-0.3, -0.25) is 4.79 Å². The van der Waals surface area contributed by atoms with E-state index in [1.807, 2.05) is 35.8 Å². The Labute approximate surface area is 177 Å². The quantitative estimate of drug-likeness (QED) is 0.721. The van der Waals surface area contributed by atoms with Crippen LogP contribution in [0.2, 0.25) is 0 Å². The van der Waals surface area contributed by atoms with Crippen LogP contribution in [0.25, 0.3) is 0 Å². The van der Waals surface area contributed by atoms with Crippen LogP contribution in [0.4, 0.5) is 11.8 Å². The van der Waals surface area contributed by atoms with Gasteiger partial charge in [-0.1, -0.05) is 30.3 Å². The predicted molar refractivity (Wildman–Crippen MR) is 120 cm³/mol. The van der Waals surface area contributed by atoms with Crippen LogP contribution in [-0.2, 0) is 6.42 Å². The second-order valence-corrected chi connectivity index (χ2v) is 9.05. The van der Waals surface area contributed by atoms with Gasteiger partial charge in [0.2, 0.25) is 5.95 Å². The lowest BCUT2D eigenvalue weighted by atomic mass is 10.1. The second-order valence-electron chi connectivity index (χ2n) is 7.82. The van der Waals surface area contributed by atoms with Gasteiger partial charge in [-0.2, -0.15) is 16.7 Å². The lowest BCUT2D eigenvalue weighted by molar-refractivity contribution is 0.0946. The lowest BCUT2D eigenvalue weighted by Gasteiger charge is -2.28. The van der Waals surface area contributed by atoms with E-state index in [4.69, 9.17) is 4.98 Å². The van der Waals surface area contributed by atoms with Crippen LogP contribution in [0, 0.1) is 5.92 Å².